The molecule has 1 heterocycles. The molecule has 0 atom stereocenters. The van der Waals surface area contributed by atoms with Gasteiger partial charge in [0.1, 0.15) is 0 Å². The first-order valence-electron chi connectivity index (χ1n) is 4.83. The van der Waals surface area contributed by atoms with Gasteiger partial charge in [-0.25, -0.2) is 4.39 Å². The number of rotatable bonds is 3. The summed E-state index contributed by atoms with van der Waals surface area (Å²) in [6.45, 7) is -3.05. The lowest BCUT2D eigenvalue weighted by Gasteiger charge is -2.08. The van der Waals surface area contributed by atoms with Crippen molar-refractivity contribution in [3.8, 4) is 17.0 Å². The van der Waals surface area contributed by atoms with Crippen molar-refractivity contribution in [2.24, 2.45) is 0 Å². The molecule has 2 aromatic rings. The number of hydrogen-bond donors (Lipinski definition) is 0. The van der Waals surface area contributed by atoms with E-state index in [-0.39, 0.29) is 18.0 Å². The fourth-order valence-corrected chi connectivity index (χ4v) is 1.42. The Hall–Kier alpha value is -1.75. The minimum absolute atomic E-state index is 0. The Labute approximate surface area is 108 Å². The summed E-state index contributed by atoms with van der Waals surface area (Å²) in [4.78, 5) is 3.95. The minimum atomic E-state index is -3.05. The Kier molecular flexibility index (Phi) is 4.97. The molecule has 0 radical (unpaired) electrons. The van der Waals surface area contributed by atoms with E-state index in [9.17, 15) is 13.2 Å². The number of nitrogens with zero attached hydrogens (tertiary/aromatic N) is 1. The second-order valence-corrected chi connectivity index (χ2v) is 3.21. The van der Waals surface area contributed by atoms with Gasteiger partial charge in [0.25, 0.3) is 0 Å². The summed E-state index contributed by atoms with van der Waals surface area (Å²) >= 11 is 0. The van der Waals surface area contributed by atoms with E-state index in [1.807, 2.05) is 0 Å². The first-order valence-corrected chi connectivity index (χ1v) is 4.83. The molecule has 18 heavy (non-hydrogen) atoms. The average Bonchev–Trinajstić information content (AvgIpc) is 2.32. The summed E-state index contributed by atoms with van der Waals surface area (Å²) in [7, 11) is 0. The van der Waals surface area contributed by atoms with Crippen LogP contribution in [0, 0.1) is 5.82 Å². The summed E-state index contributed by atoms with van der Waals surface area (Å²) in [5.74, 6) is -1.32. The lowest BCUT2D eigenvalue weighted by Crippen LogP contribution is -2.04. The highest BCUT2D eigenvalue weighted by Gasteiger charge is 2.14. The van der Waals surface area contributed by atoms with Crippen LogP contribution in [0.5, 0.6) is 5.75 Å². The van der Waals surface area contributed by atoms with E-state index >= 15 is 0 Å². The van der Waals surface area contributed by atoms with Gasteiger partial charge in [-0.15, -0.1) is 12.4 Å². The molecule has 0 amide bonds. The zero-order valence-corrected chi connectivity index (χ0v) is 9.83. The number of aromatic nitrogens is 1. The van der Waals surface area contributed by atoms with Crippen molar-refractivity contribution < 1.29 is 17.9 Å². The van der Waals surface area contributed by atoms with Crippen molar-refractivity contribution in [1.82, 2.24) is 4.98 Å². The fraction of sp³-hybridized carbons (Fsp3) is 0.0833. The van der Waals surface area contributed by atoms with Gasteiger partial charge in [0.2, 0.25) is 0 Å². The van der Waals surface area contributed by atoms with Gasteiger partial charge in [0, 0.05) is 11.8 Å². The topological polar surface area (TPSA) is 22.1 Å². The lowest BCUT2D eigenvalue weighted by molar-refractivity contribution is -0.0521. The molecule has 0 fully saturated rings. The van der Waals surface area contributed by atoms with E-state index in [2.05, 4.69) is 9.72 Å². The lowest BCUT2D eigenvalue weighted by atomic mass is 10.1. The quantitative estimate of drug-likeness (QED) is 0.847. The highest BCUT2D eigenvalue weighted by Crippen LogP contribution is 2.28. The number of benzene rings is 1. The Morgan fingerprint density at radius 2 is 1.83 bits per heavy atom. The number of halogens is 4. The van der Waals surface area contributed by atoms with E-state index in [0.29, 0.717) is 5.69 Å². The standard InChI is InChI=1S/C12H8F3NO.ClH/c13-11-8(9-5-1-2-7-16-9)4-3-6-10(11)17-12(14)15;/h1-7,12H;1H. The van der Waals surface area contributed by atoms with Crippen LogP contribution in [0.25, 0.3) is 11.3 Å². The summed E-state index contributed by atoms with van der Waals surface area (Å²) < 4.78 is 42.0. The summed E-state index contributed by atoms with van der Waals surface area (Å²) in [6, 6.07) is 8.99. The number of pyridine rings is 1. The molecule has 6 heteroatoms. The zero-order valence-electron chi connectivity index (χ0n) is 9.02. The van der Waals surface area contributed by atoms with Crippen LogP contribution in [0.1, 0.15) is 0 Å². The van der Waals surface area contributed by atoms with Crippen LogP contribution in [0.4, 0.5) is 13.2 Å². The van der Waals surface area contributed by atoms with Gasteiger partial charge in [-0.1, -0.05) is 12.1 Å². The van der Waals surface area contributed by atoms with Crippen LogP contribution < -0.4 is 4.74 Å². The second kappa shape index (κ2) is 6.26. The Balaban J connectivity index is 0.00000162. The Morgan fingerprint density at radius 1 is 1.06 bits per heavy atom. The first kappa shape index (κ1) is 14.3. The molecule has 0 aliphatic heterocycles. The zero-order chi connectivity index (χ0) is 12.3. The number of alkyl halides is 2. The predicted octanol–water partition coefficient (Wildman–Crippen LogP) is 3.91. The maximum atomic E-state index is 13.8. The van der Waals surface area contributed by atoms with E-state index in [1.165, 1.54) is 18.3 Å². The van der Waals surface area contributed by atoms with Crippen LogP contribution in [0.15, 0.2) is 42.6 Å². The third kappa shape index (κ3) is 3.13. The predicted molar refractivity (Wildman–Crippen MR) is 63.5 cm³/mol. The molecule has 0 aliphatic rings. The van der Waals surface area contributed by atoms with E-state index in [4.69, 9.17) is 0 Å². The molecule has 0 saturated heterocycles. The molecule has 0 N–H and O–H groups in total. The number of ether oxygens (including phenoxy) is 1. The van der Waals surface area contributed by atoms with Gasteiger partial charge < -0.3 is 4.74 Å². The van der Waals surface area contributed by atoms with Crippen LogP contribution in [-0.2, 0) is 0 Å². The monoisotopic (exact) mass is 275 g/mol. The molecule has 0 aliphatic carbocycles. The highest BCUT2D eigenvalue weighted by molar-refractivity contribution is 5.85. The molecule has 2 nitrogen and oxygen atoms in total. The molecule has 96 valence electrons. The second-order valence-electron chi connectivity index (χ2n) is 3.21. The Bertz CT molecular complexity index is 508. The maximum Gasteiger partial charge on any atom is 0.387 e. The third-order valence-electron chi connectivity index (χ3n) is 2.12. The van der Waals surface area contributed by atoms with Crippen molar-refractivity contribution in [1.29, 1.82) is 0 Å². The van der Waals surface area contributed by atoms with Crippen LogP contribution in [0.3, 0.4) is 0 Å². The third-order valence-corrected chi connectivity index (χ3v) is 2.12. The molecule has 1 aromatic carbocycles. The molecule has 0 unspecified atom stereocenters. The van der Waals surface area contributed by atoms with Crippen LogP contribution >= 0.6 is 12.4 Å². The van der Waals surface area contributed by atoms with Crippen LogP contribution in [0.2, 0.25) is 0 Å². The smallest absolute Gasteiger partial charge is 0.387 e. The largest absolute Gasteiger partial charge is 0.432 e. The Morgan fingerprint density at radius 3 is 2.44 bits per heavy atom. The maximum absolute atomic E-state index is 13.8. The molecular formula is C12H9ClF3NO. The summed E-state index contributed by atoms with van der Waals surface area (Å²) in [5, 5.41) is 0. The van der Waals surface area contributed by atoms with Crippen molar-refractivity contribution in [3.63, 3.8) is 0 Å². The van der Waals surface area contributed by atoms with Crippen molar-refractivity contribution in [2.75, 3.05) is 0 Å². The SMILES string of the molecule is Cl.Fc1c(OC(F)F)cccc1-c1ccccn1. The highest BCUT2D eigenvalue weighted by atomic mass is 35.5. The van der Waals surface area contributed by atoms with Gasteiger partial charge in [0.15, 0.2) is 11.6 Å². The normalized spacial score (nSPS) is 10.0. The fourth-order valence-electron chi connectivity index (χ4n) is 1.42. The van der Waals surface area contributed by atoms with E-state index < -0.39 is 18.2 Å². The molecule has 1 aromatic heterocycles. The van der Waals surface area contributed by atoms with Crippen molar-refractivity contribution in [2.45, 2.75) is 6.61 Å². The minimum Gasteiger partial charge on any atom is -0.432 e. The average molecular weight is 276 g/mol. The summed E-state index contributed by atoms with van der Waals surface area (Å²) in [5.41, 5.74) is 0.494. The molecule has 0 spiro atoms. The van der Waals surface area contributed by atoms with Gasteiger partial charge >= 0.3 is 6.61 Å². The van der Waals surface area contributed by atoms with Gasteiger partial charge in [-0.3, -0.25) is 4.98 Å². The van der Waals surface area contributed by atoms with Gasteiger partial charge in [0.05, 0.1) is 5.69 Å². The van der Waals surface area contributed by atoms with E-state index in [1.54, 1.807) is 18.2 Å². The van der Waals surface area contributed by atoms with Crippen molar-refractivity contribution >= 4 is 12.4 Å². The van der Waals surface area contributed by atoms with Crippen molar-refractivity contribution in [3.05, 3.63) is 48.4 Å². The molecule has 0 bridgehead atoms. The van der Waals surface area contributed by atoms with Gasteiger partial charge in [-0.2, -0.15) is 8.78 Å². The number of hydrogen-bond acceptors (Lipinski definition) is 2. The van der Waals surface area contributed by atoms with Crippen LogP contribution in [-0.4, -0.2) is 11.6 Å². The first-order chi connectivity index (χ1) is 8.18. The molecule has 2 rings (SSSR count). The molecular weight excluding hydrogens is 267 g/mol. The van der Waals surface area contributed by atoms with Gasteiger partial charge in [-0.05, 0) is 24.3 Å². The summed E-state index contributed by atoms with van der Waals surface area (Å²) in [6.07, 6.45) is 1.50. The molecule has 0 saturated carbocycles. The van der Waals surface area contributed by atoms with E-state index in [0.717, 1.165) is 6.07 Å².